The summed E-state index contributed by atoms with van der Waals surface area (Å²) in [5.74, 6) is -1.63. The number of hydrogen-bond donors (Lipinski definition) is 1. The first-order chi connectivity index (χ1) is 12.5. The number of ether oxygens (including phenoxy) is 2. The first kappa shape index (κ1) is 18.9. The molecule has 0 heterocycles. The number of hydrogen-bond acceptors (Lipinski definition) is 5. The lowest BCUT2D eigenvalue weighted by molar-refractivity contribution is -0.142. The van der Waals surface area contributed by atoms with Gasteiger partial charge in [0.15, 0.2) is 6.61 Å². The van der Waals surface area contributed by atoms with Crippen LogP contribution in [0.15, 0.2) is 54.6 Å². The first-order valence-corrected chi connectivity index (χ1v) is 7.88. The molecule has 0 aliphatic rings. The van der Waals surface area contributed by atoms with E-state index in [4.69, 9.17) is 4.74 Å². The molecule has 0 saturated heterocycles. The number of rotatable bonds is 6. The van der Waals surface area contributed by atoms with Crippen molar-refractivity contribution < 1.29 is 23.9 Å². The molecule has 26 heavy (non-hydrogen) atoms. The monoisotopic (exact) mass is 353 g/mol. The van der Waals surface area contributed by atoms with Gasteiger partial charge < -0.3 is 14.8 Å². The van der Waals surface area contributed by atoms with Gasteiger partial charge in [0.05, 0.1) is 12.7 Å². The van der Waals surface area contributed by atoms with Crippen LogP contribution in [0.3, 0.4) is 0 Å². The minimum Gasteiger partial charge on any atom is -0.465 e. The van der Waals surface area contributed by atoms with E-state index in [1.165, 1.54) is 19.3 Å². The third-order valence-corrected chi connectivity index (χ3v) is 3.49. The van der Waals surface area contributed by atoms with Crippen LogP contribution in [0.1, 0.15) is 21.5 Å². The number of carbonyl (C=O) groups excluding carboxylic acids is 3. The number of aryl methyl sites for hydroxylation is 1. The van der Waals surface area contributed by atoms with Gasteiger partial charge in [-0.25, -0.2) is 9.59 Å². The Labute approximate surface area is 151 Å². The fourth-order valence-electron chi connectivity index (χ4n) is 2.10. The third-order valence-electron chi connectivity index (χ3n) is 3.49. The van der Waals surface area contributed by atoms with Gasteiger partial charge in [-0.05, 0) is 36.3 Å². The Morgan fingerprint density at radius 1 is 1.08 bits per heavy atom. The maximum atomic E-state index is 12.0. The highest BCUT2D eigenvalue weighted by Gasteiger charge is 2.11. The zero-order chi connectivity index (χ0) is 18.9. The van der Waals surface area contributed by atoms with Crippen LogP contribution in [0.5, 0.6) is 0 Å². The zero-order valence-corrected chi connectivity index (χ0v) is 14.5. The predicted octanol–water partition coefficient (Wildman–Crippen LogP) is 2.98. The summed E-state index contributed by atoms with van der Waals surface area (Å²) in [6, 6.07) is 14.1. The molecule has 1 amide bonds. The Kier molecular flexibility index (Phi) is 6.68. The molecule has 6 heteroatoms. The van der Waals surface area contributed by atoms with Crippen molar-refractivity contribution in [3.05, 3.63) is 71.3 Å². The second-order valence-electron chi connectivity index (χ2n) is 5.42. The molecule has 0 spiro atoms. The molecule has 1 N–H and O–H groups in total. The second kappa shape index (κ2) is 9.17. The molecule has 0 radical (unpaired) electrons. The average molecular weight is 353 g/mol. The highest BCUT2D eigenvalue weighted by atomic mass is 16.5. The van der Waals surface area contributed by atoms with Crippen LogP contribution < -0.4 is 5.32 Å². The van der Waals surface area contributed by atoms with E-state index in [1.54, 1.807) is 25.1 Å². The zero-order valence-electron chi connectivity index (χ0n) is 14.5. The van der Waals surface area contributed by atoms with Crippen LogP contribution in [-0.4, -0.2) is 31.6 Å². The number of amides is 1. The number of benzene rings is 2. The molecule has 0 fully saturated rings. The molecule has 0 saturated carbocycles. The molecule has 0 atom stereocenters. The lowest BCUT2D eigenvalue weighted by Crippen LogP contribution is -2.21. The summed E-state index contributed by atoms with van der Waals surface area (Å²) >= 11 is 0. The van der Waals surface area contributed by atoms with Gasteiger partial charge in [-0.1, -0.05) is 36.4 Å². The molecule has 2 aromatic carbocycles. The normalized spacial score (nSPS) is 10.4. The van der Waals surface area contributed by atoms with E-state index >= 15 is 0 Å². The van der Waals surface area contributed by atoms with Gasteiger partial charge in [0.2, 0.25) is 0 Å². The first-order valence-electron chi connectivity index (χ1n) is 7.88. The van der Waals surface area contributed by atoms with Gasteiger partial charge >= 0.3 is 11.9 Å². The Hall–Kier alpha value is -3.41. The van der Waals surface area contributed by atoms with Crippen molar-refractivity contribution in [2.24, 2.45) is 0 Å². The Morgan fingerprint density at radius 2 is 1.81 bits per heavy atom. The lowest BCUT2D eigenvalue weighted by Gasteiger charge is -2.10. The molecule has 0 bridgehead atoms. The molecule has 0 aliphatic heterocycles. The van der Waals surface area contributed by atoms with Crippen LogP contribution >= 0.6 is 0 Å². The summed E-state index contributed by atoms with van der Waals surface area (Å²) in [5.41, 5.74) is 2.38. The van der Waals surface area contributed by atoms with E-state index in [0.717, 1.165) is 11.1 Å². The molecule has 134 valence electrons. The van der Waals surface area contributed by atoms with Crippen LogP contribution in [0, 0.1) is 6.92 Å². The van der Waals surface area contributed by atoms with Gasteiger partial charge in [-0.3, -0.25) is 4.79 Å². The molecule has 0 aromatic heterocycles. The summed E-state index contributed by atoms with van der Waals surface area (Å²) < 4.78 is 9.56. The Bertz CT molecular complexity index is 827. The summed E-state index contributed by atoms with van der Waals surface area (Å²) in [5, 5.41) is 2.61. The second-order valence-corrected chi connectivity index (χ2v) is 5.42. The molecular weight excluding hydrogens is 334 g/mol. The van der Waals surface area contributed by atoms with Crippen molar-refractivity contribution in [1.29, 1.82) is 0 Å². The smallest absolute Gasteiger partial charge is 0.337 e. The molecule has 2 rings (SSSR count). The highest BCUT2D eigenvalue weighted by molar-refractivity contribution is 5.97. The van der Waals surface area contributed by atoms with E-state index in [1.807, 2.05) is 30.3 Å². The fourth-order valence-corrected chi connectivity index (χ4v) is 2.10. The van der Waals surface area contributed by atoms with Crippen molar-refractivity contribution >= 4 is 29.6 Å². The van der Waals surface area contributed by atoms with Crippen molar-refractivity contribution in [3.8, 4) is 0 Å². The van der Waals surface area contributed by atoms with Crippen molar-refractivity contribution in [2.75, 3.05) is 19.0 Å². The van der Waals surface area contributed by atoms with Gasteiger partial charge in [-0.15, -0.1) is 0 Å². The number of carbonyl (C=O) groups is 3. The summed E-state index contributed by atoms with van der Waals surface area (Å²) in [4.78, 5) is 35.2. The molecule has 6 nitrogen and oxygen atoms in total. The Balaban J connectivity index is 1.89. The van der Waals surface area contributed by atoms with Gasteiger partial charge in [0, 0.05) is 11.8 Å². The minimum atomic E-state index is -0.621. The van der Waals surface area contributed by atoms with Gasteiger partial charge in [0.1, 0.15) is 0 Å². The maximum absolute atomic E-state index is 12.0. The van der Waals surface area contributed by atoms with Crippen molar-refractivity contribution in [1.82, 2.24) is 0 Å². The minimum absolute atomic E-state index is 0.316. The van der Waals surface area contributed by atoms with Crippen LogP contribution in [0.4, 0.5) is 5.69 Å². The van der Waals surface area contributed by atoms with E-state index in [0.29, 0.717) is 11.3 Å². The van der Waals surface area contributed by atoms with E-state index in [-0.39, 0.29) is 0 Å². The number of esters is 2. The molecule has 0 unspecified atom stereocenters. The fraction of sp³-hybridized carbons (Fsp3) is 0.150. The van der Waals surface area contributed by atoms with E-state index in [9.17, 15) is 14.4 Å². The number of methoxy groups -OCH3 is 1. The SMILES string of the molecule is COC(=O)c1ccc(C)c(NC(=O)COC(=O)/C=C/c2ccccc2)c1. The Morgan fingerprint density at radius 3 is 2.50 bits per heavy atom. The summed E-state index contributed by atoms with van der Waals surface area (Å²) in [7, 11) is 1.28. The quantitative estimate of drug-likeness (QED) is 0.638. The third kappa shape index (κ3) is 5.59. The topological polar surface area (TPSA) is 81.7 Å². The van der Waals surface area contributed by atoms with Crippen LogP contribution in [0.25, 0.3) is 6.08 Å². The van der Waals surface area contributed by atoms with Crippen molar-refractivity contribution in [3.63, 3.8) is 0 Å². The largest absolute Gasteiger partial charge is 0.465 e. The van der Waals surface area contributed by atoms with Gasteiger partial charge in [0.25, 0.3) is 5.91 Å². The number of anilines is 1. The van der Waals surface area contributed by atoms with Crippen molar-refractivity contribution in [2.45, 2.75) is 6.92 Å². The standard InChI is InChI=1S/C20H19NO5/c1-14-8-10-16(20(24)25-2)12-17(14)21-18(22)13-26-19(23)11-9-15-6-4-3-5-7-15/h3-12H,13H2,1-2H3,(H,21,22)/b11-9+. The highest BCUT2D eigenvalue weighted by Crippen LogP contribution is 2.17. The molecule has 2 aromatic rings. The summed E-state index contributed by atoms with van der Waals surface area (Å²) in [6.07, 6.45) is 2.86. The van der Waals surface area contributed by atoms with Crippen LogP contribution in [0.2, 0.25) is 0 Å². The van der Waals surface area contributed by atoms with E-state index < -0.39 is 24.5 Å². The van der Waals surface area contributed by atoms with Gasteiger partial charge in [-0.2, -0.15) is 0 Å². The number of nitrogens with one attached hydrogen (secondary N) is 1. The molecule has 0 aliphatic carbocycles. The maximum Gasteiger partial charge on any atom is 0.337 e. The average Bonchev–Trinajstić information content (AvgIpc) is 2.66. The summed E-state index contributed by atoms with van der Waals surface area (Å²) in [6.45, 7) is 1.35. The van der Waals surface area contributed by atoms with E-state index in [2.05, 4.69) is 10.1 Å². The van der Waals surface area contributed by atoms with Crippen LogP contribution in [-0.2, 0) is 19.1 Å². The predicted molar refractivity (Wildman–Crippen MR) is 97.6 cm³/mol. The molecular formula is C20H19NO5. The lowest BCUT2D eigenvalue weighted by atomic mass is 10.1.